The van der Waals surface area contributed by atoms with Gasteiger partial charge in [-0.3, -0.25) is 13.6 Å². The SMILES string of the molecule is COc1ccc(CO[C@H](CO)COP(=O)(OCc2ccccc2)OC[C@H](COCc2ccccc2)OCc2ccccc2)cc1. The summed E-state index contributed by atoms with van der Waals surface area (Å²) in [6.45, 7) is 0.385. The summed E-state index contributed by atoms with van der Waals surface area (Å²) in [5, 5.41) is 9.95. The van der Waals surface area contributed by atoms with Crippen molar-refractivity contribution in [2.75, 3.05) is 33.5 Å². The van der Waals surface area contributed by atoms with Crippen LogP contribution in [0.1, 0.15) is 22.3 Å². The lowest BCUT2D eigenvalue weighted by atomic mass is 10.2. The van der Waals surface area contributed by atoms with Crippen molar-refractivity contribution in [1.29, 1.82) is 0 Å². The Morgan fingerprint density at radius 3 is 1.56 bits per heavy atom. The molecule has 0 heterocycles. The average molecular weight is 637 g/mol. The molecule has 0 aromatic heterocycles. The summed E-state index contributed by atoms with van der Waals surface area (Å²) < 4.78 is 54.3. The van der Waals surface area contributed by atoms with E-state index in [1.165, 1.54) is 0 Å². The summed E-state index contributed by atoms with van der Waals surface area (Å²) in [5.41, 5.74) is 3.67. The van der Waals surface area contributed by atoms with E-state index in [2.05, 4.69) is 0 Å². The molecule has 0 aliphatic heterocycles. The molecule has 3 atom stereocenters. The third kappa shape index (κ3) is 12.9. The zero-order chi connectivity index (χ0) is 31.6. The number of aliphatic hydroxyl groups excluding tert-OH is 1. The lowest BCUT2D eigenvalue weighted by Crippen LogP contribution is -2.27. The lowest BCUT2D eigenvalue weighted by molar-refractivity contribution is -0.0614. The number of aliphatic hydroxyl groups is 1. The first kappa shape index (κ1) is 34.5. The van der Waals surface area contributed by atoms with Gasteiger partial charge in [-0.15, -0.1) is 0 Å². The van der Waals surface area contributed by atoms with Crippen LogP contribution in [0.15, 0.2) is 115 Å². The molecule has 0 bridgehead atoms. The van der Waals surface area contributed by atoms with Crippen molar-refractivity contribution in [3.63, 3.8) is 0 Å². The molecule has 4 rings (SSSR count). The van der Waals surface area contributed by atoms with Crippen molar-refractivity contribution in [3.05, 3.63) is 138 Å². The van der Waals surface area contributed by atoms with Crippen LogP contribution in [0.2, 0.25) is 0 Å². The molecule has 0 spiro atoms. The van der Waals surface area contributed by atoms with Gasteiger partial charge in [-0.05, 0) is 34.4 Å². The fourth-order valence-corrected chi connectivity index (χ4v) is 5.32. The molecule has 4 aromatic rings. The van der Waals surface area contributed by atoms with E-state index in [-0.39, 0.29) is 39.6 Å². The summed E-state index contributed by atoms with van der Waals surface area (Å²) >= 11 is 0. The van der Waals surface area contributed by atoms with E-state index in [1.807, 2.05) is 115 Å². The van der Waals surface area contributed by atoms with Crippen LogP contribution in [-0.2, 0) is 58.8 Å². The van der Waals surface area contributed by atoms with E-state index in [0.717, 1.165) is 28.0 Å². The zero-order valence-corrected chi connectivity index (χ0v) is 26.3. The first-order valence-corrected chi connectivity index (χ1v) is 16.2. The summed E-state index contributed by atoms with van der Waals surface area (Å²) in [6, 6.07) is 36.2. The Morgan fingerprint density at radius 1 is 0.556 bits per heavy atom. The second-order valence-electron chi connectivity index (χ2n) is 10.2. The predicted molar refractivity (Wildman–Crippen MR) is 171 cm³/mol. The van der Waals surface area contributed by atoms with E-state index in [9.17, 15) is 9.67 Å². The first-order valence-electron chi connectivity index (χ1n) is 14.8. The average Bonchev–Trinajstić information content (AvgIpc) is 3.10. The van der Waals surface area contributed by atoms with Gasteiger partial charge in [-0.1, -0.05) is 103 Å². The molecule has 0 fully saturated rings. The largest absolute Gasteiger partial charge is 0.497 e. The second-order valence-corrected chi connectivity index (χ2v) is 11.8. The maximum absolute atomic E-state index is 13.9. The second kappa shape index (κ2) is 19.2. The highest BCUT2D eigenvalue weighted by Gasteiger charge is 2.30. The van der Waals surface area contributed by atoms with Gasteiger partial charge < -0.3 is 24.1 Å². The molecular formula is C35H41O9P. The molecule has 10 heteroatoms. The first-order chi connectivity index (χ1) is 22.0. The maximum Gasteiger partial charge on any atom is 0.475 e. The minimum Gasteiger partial charge on any atom is -0.497 e. The molecule has 0 aliphatic carbocycles. The number of ether oxygens (including phenoxy) is 4. The molecule has 1 unspecified atom stereocenters. The summed E-state index contributed by atoms with van der Waals surface area (Å²) in [4.78, 5) is 0. The molecular weight excluding hydrogens is 595 g/mol. The smallest absolute Gasteiger partial charge is 0.475 e. The van der Waals surface area contributed by atoms with Gasteiger partial charge in [0.25, 0.3) is 0 Å². The third-order valence-corrected chi connectivity index (χ3v) is 8.04. The van der Waals surface area contributed by atoms with Gasteiger partial charge in [0.1, 0.15) is 18.0 Å². The van der Waals surface area contributed by atoms with E-state index in [0.29, 0.717) is 13.2 Å². The van der Waals surface area contributed by atoms with E-state index in [4.69, 9.17) is 32.5 Å². The quantitative estimate of drug-likeness (QED) is 0.0998. The number of hydrogen-bond donors (Lipinski definition) is 1. The van der Waals surface area contributed by atoms with Crippen LogP contribution in [0, 0.1) is 0 Å². The topological polar surface area (TPSA) is 102 Å². The van der Waals surface area contributed by atoms with Crippen LogP contribution in [0.25, 0.3) is 0 Å². The van der Waals surface area contributed by atoms with Crippen molar-refractivity contribution in [2.24, 2.45) is 0 Å². The Morgan fingerprint density at radius 2 is 1.02 bits per heavy atom. The summed E-state index contributed by atoms with van der Waals surface area (Å²) in [5.74, 6) is 0.728. The van der Waals surface area contributed by atoms with Crippen molar-refractivity contribution in [1.82, 2.24) is 0 Å². The highest BCUT2D eigenvalue weighted by Crippen LogP contribution is 2.50. The van der Waals surface area contributed by atoms with Gasteiger partial charge in [-0.2, -0.15) is 0 Å². The highest BCUT2D eigenvalue weighted by molar-refractivity contribution is 7.48. The van der Waals surface area contributed by atoms with Gasteiger partial charge in [0.05, 0.1) is 60.0 Å². The van der Waals surface area contributed by atoms with Crippen molar-refractivity contribution in [2.45, 2.75) is 38.6 Å². The van der Waals surface area contributed by atoms with Crippen LogP contribution in [0.3, 0.4) is 0 Å². The van der Waals surface area contributed by atoms with Crippen molar-refractivity contribution < 1.29 is 42.2 Å². The fourth-order valence-electron chi connectivity index (χ4n) is 4.09. The van der Waals surface area contributed by atoms with Gasteiger partial charge in [0, 0.05) is 0 Å². The molecule has 240 valence electrons. The highest BCUT2D eigenvalue weighted by atomic mass is 31.2. The molecule has 0 aliphatic rings. The van der Waals surface area contributed by atoms with Gasteiger partial charge in [-0.25, -0.2) is 4.57 Å². The molecule has 0 radical (unpaired) electrons. The van der Waals surface area contributed by atoms with Gasteiger partial charge in [0.15, 0.2) is 0 Å². The Balaban J connectivity index is 1.38. The summed E-state index contributed by atoms with van der Waals surface area (Å²) in [7, 11) is -2.54. The Hall–Kier alpha value is -3.37. The standard InChI is InChI=1S/C35H41O9P/c1-38-33-19-17-32(18-20-33)24-40-34(21-36)27-43-45(37,42-25-31-15-9-4-10-16-31)44-28-35(41-23-30-13-7-3-8-14-30)26-39-22-29-11-5-2-6-12-29/h2-20,34-36H,21-28H2,1H3/t34-,35+,45?/m1/s1. The molecule has 0 saturated heterocycles. The lowest BCUT2D eigenvalue weighted by Gasteiger charge is -2.24. The number of benzene rings is 4. The fraction of sp³-hybridized carbons (Fsp3) is 0.314. The Labute approximate surface area is 265 Å². The molecule has 45 heavy (non-hydrogen) atoms. The Bertz CT molecular complexity index is 1390. The van der Waals surface area contributed by atoms with E-state index >= 15 is 0 Å². The molecule has 4 aromatic carbocycles. The van der Waals surface area contributed by atoms with Gasteiger partial charge in [0.2, 0.25) is 0 Å². The van der Waals surface area contributed by atoms with Crippen LogP contribution in [-0.4, -0.2) is 50.9 Å². The van der Waals surface area contributed by atoms with Crippen molar-refractivity contribution in [3.8, 4) is 5.75 Å². The van der Waals surface area contributed by atoms with Crippen LogP contribution < -0.4 is 4.74 Å². The molecule has 0 amide bonds. The Kier molecular flexibility index (Phi) is 14.7. The van der Waals surface area contributed by atoms with E-state index < -0.39 is 20.0 Å². The zero-order valence-electron chi connectivity index (χ0n) is 25.4. The van der Waals surface area contributed by atoms with Crippen molar-refractivity contribution >= 4 is 7.82 Å². The maximum atomic E-state index is 13.9. The van der Waals surface area contributed by atoms with Crippen LogP contribution in [0.5, 0.6) is 5.75 Å². The normalized spacial score (nSPS) is 14.0. The number of phosphoric ester groups is 1. The number of hydrogen-bond acceptors (Lipinski definition) is 9. The van der Waals surface area contributed by atoms with Crippen LogP contribution >= 0.6 is 7.82 Å². The minimum atomic E-state index is -4.14. The van der Waals surface area contributed by atoms with Gasteiger partial charge >= 0.3 is 7.82 Å². The molecule has 1 N–H and O–H groups in total. The number of phosphoric acid groups is 1. The number of rotatable bonds is 21. The van der Waals surface area contributed by atoms with Crippen LogP contribution in [0.4, 0.5) is 0 Å². The predicted octanol–water partition coefficient (Wildman–Crippen LogP) is 6.73. The third-order valence-electron chi connectivity index (χ3n) is 6.66. The summed E-state index contributed by atoms with van der Waals surface area (Å²) in [6.07, 6.45) is -1.35. The minimum absolute atomic E-state index is 0.00530. The molecule has 0 saturated carbocycles. The monoisotopic (exact) mass is 636 g/mol. The number of methoxy groups -OCH3 is 1. The molecule has 9 nitrogen and oxygen atoms in total. The van der Waals surface area contributed by atoms with E-state index in [1.54, 1.807) is 7.11 Å².